The highest BCUT2D eigenvalue weighted by molar-refractivity contribution is 6.30. The van der Waals surface area contributed by atoms with Crippen molar-refractivity contribution in [1.82, 2.24) is 15.4 Å². The zero-order valence-electron chi connectivity index (χ0n) is 17.1. The van der Waals surface area contributed by atoms with Crippen molar-refractivity contribution >= 4 is 29.7 Å². The number of halogens is 1. The molecule has 0 aliphatic rings. The van der Waals surface area contributed by atoms with Crippen LogP contribution in [-0.4, -0.2) is 29.5 Å². The van der Waals surface area contributed by atoms with E-state index in [4.69, 9.17) is 20.9 Å². The first-order chi connectivity index (χ1) is 15.1. The summed E-state index contributed by atoms with van der Waals surface area (Å²) in [4.78, 5) is 17.8. The van der Waals surface area contributed by atoms with E-state index < -0.39 is 0 Å². The molecule has 1 heterocycles. The maximum absolute atomic E-state index is 11.9. The van der Waals surface area contributed by atoms with E-state index in [2.05, 4.69) is 20.8 Å². The van der Waals surface area contributed by atoms with Crippen molar-refractivity contribution in [3.63, 3.8) is 0 Å². The molecule has 0 atom stereocenters. The molecule has 160 valence electrons. The van der Waals surface area contributed by atoms with E-state index >= 15 is 0 Å². The molecule has 1 amide bonds. The Hall–Kier alpha value is -3.78. The van der Waals surface area contributed by atoms with Gasteiger partial charge in [0.05, 0.1) is 6.54 Å². The first-order valence-corrected chi connectivity index (χ1v) is 9.79. The van der Waals surface area contributed by atoms with Gasteiger partial charge in [0.2, 0.25) is 12.4 Å². The summed E-state index contributed by atoms with van der Waals surface area (Å²) in [5.41, 5.74) is 2.48. The lowest BCUT2D eigenvalue weighted by molar-refractivity contribution is -0.115. The molecule has 0 radical (unpaired) electrons. The number of hydrogen-bond donors (Lipinski definition) is 2. The average molecular weight is 440 g/mol. The van der Waals surface area contributed by atoms with E-state index in [-0.39, 0.29) is 0 Å². The van der Waals surface area contributed by atoms with Gasteiger partial charge in [0, 0.05) is 35.7 Å². The summed E-state index contributed by atoms with van der Waals surface area (Å²) in [6, 6.07) is 16.1. The number of carbonyl (C=O) groups excluding carboxylic acids is 1. The number of anilines is 1. The molecule has 9 heteroatoms. The lowest BCUT2D eigenvalue weighted by Gasteiger charge is -2.21. The molecule has 0 unspecified atom stereocenters. The highest BCUT2D eigenvalue weighted by atomic mass is 35.5. The number of benzene rings is 2. The number of aliphatic imine (C=N–C) groups is 1. The molecule has 0 spiro atoms. The SMILES string of the molecule is CN/C(C)=C/N=C(Nc1ccc(Oc2ccon2)cc1)N(C=O)Cc1ccc(Cl)cc1. The van der Waals surface area contributed by atoms with Crippen LogP contribution in [-0.2, 0) is 11.3 Å². The van der Waals surface area contributed by atoms with E-state index in [1.807, 2.05) is 31.2 Å². The van der Waals surface area contributed by atoms with E-state index in [9.17, 15) is 4.79 Å². The number of carbonyl (C=O) groups is 1. The zero-order valence-corrected chi connectivity index (χ0v) is 17.8. The van der Waals surface area contributed by atoms with Gasteiger partial charge in [0.15, 0.2) is 0 Å². The van der Waals surface area contributed by atoms with Crippen molar-refractivity contribution < 1.29 is 14.1 Å². The summed E-state index contributed by atoms with van der Waals surface area (Å²) < 4.78 is 10.3. The minimum Gasteiger partial charge on any atom is -0.436 e. The Morgan fingerprint density at radius 3 is 2.55 bits per heavy atom. The van der Waals surface area contributed by atoms with E-state index in [0.717, 1.165) is 23.4 Å². The Morgan fingerprint density at radius 1 is 1.19 bits per heavy atom. The van der Waals surface area contributed by atoms with Gasteiger partial charge in [-0.3, -0.25) is 9.69 Å². The van der Waals surface area contributed by atoms with Crippen molar-refractivity contribution in [3.05, 3.63) is 83.3 Å². The second-order valence-electron chi connectivity index (χ2n) is 6.46. The quantitative estimate of drug-likeness (QED) is 0.302. The number of aromatic nitrogens is 1. The fourth-order valence-electron chi connectivity index (χ4n) is 2.46. The molecule has 8 nitrogen and oxygen atoms in total. The average Bonchev–Trinajstić information content (AvgIpc) is 3.30. The molecule has 31 heavy (non-hydrogen) atoms. The van der Waals surface area contributed by atoms with Crippen LogP contribution in [0.2, 0.25) is 5.02 Å². The maximum Gasteiger partial charge on any atom is 0.259 e. The molecular weight excluding hydrogens is 418 g/mol. The van der Waals surface area contributed by atoms with Crippen LogP contribution in [0.5, 0.6) is 11.6 Å². The predicted molar refractivity (Wildman–Crippen MR) is 120 cm³/mol. The van der Waals surface area contributed by atoms with Gasteiger partial charge in [0.25, 0.3) is 5.88 Å². The maximum atomic E-state index is 11.9. The lowest BCUT2D eigenvalue weighted by Crippen LogP contribution is -2.34. The smallest absolute Gasteiger partial charge is 0.259 e. The van der Waals surface area contributed by atoms with Crippen LogP contribution in [0.25, 0.3) is 0 Å². The first kappa shape index (κ1) is 21.9. The highest BCUT2D eigenvalue weighted by Gasteiger charge is 2.12. The summed E-state index contributed by atoms with van der Waals surface area (Å²) in [5, 5.41) is 10.5. The molecular formula is C22H22ClN5O3. The van der Waals surface area contributed by atoms with Gasteiger partial charge < -0.3 is 19.9 Å². The van der Waals surface area contributed by atoms with Crippen molar-refractivity contribution in [2.24, 2.45) is 4.99 Å². The Bertz CT molecular complexity index is 1030. The number of hydrogen-bond acceptors (Lipinski definition) is 6. The minimum atomic E-state index is 0.326. The molecule has 3 rings (SSSR count). The number of allylic oxidation sites excluding steroid dienone is 1. The third-order valence-electron chi connectivity index (χ3n) is 4.19. The fraction of sp³-hybridized carbons (Fsp3) is 0.136. The van der Waals surface area contributed by atoms with E-state index in [1.54, 1.807) is 43.6 Å². The van der Waals surface area contributed by atoms with E-state index in [0.29, 0.717) is 29.2 Å². The Morgan fingerprint density at radius 2 is 1.94 bits per heavy atom. The number of nitrogens with one attached hydrogen (secondary N) is 2. The fourth-order valence-corrected chi connectivity index (χ4v) is 2.59. The Kier molecular flexibility index (Phi) is 7.67. The van der Waals surface area contributed by atoms with Gasteiger partial charge in [0.1, 0.15) is 12.0 Å². The molecule has 0 aliphatic carbocycles. The molecule has 2 aromatic carbocycles. The molecule has 0 aliphatic heterocycles. The van der Waals surface area contributed by atoms with Crippen molar-refractivity contribution in [2.45, 2.75) is 13.5 Å². The second-order valence-corrected chi connectivity index (χ2v) is 6.90. The number of rotatable bonds is 8. The van der Waals surface area contributed by atoms with E-state index in [1.165, 1.54) is 11.2 Å². The monoisotopic (exact) mass is 439 g/mol. The molecule has 0 saturated carbocycles. The highest BCUT2D eigenvalue weighted by Crippen LogP contribution is 2.22. The molecule has 1 aromatic heterocycles. The van der Waals surface area contributed by atoms with Crippen LogP contribution in [0.4, 0.5) is 5.69 Å². The van der Waals surface area contributed by atoms with Gasteiger partial charge in [-0.05, 0) is 54.0 Å². The van der Waals surface area contributed by atoms with Crippen LogP contribution in [0.1, 0.15) is 12.5 Å². The van der Waals surface area contributed by atoms with Crippen LogP contribution < -0.4 is 15.4 Å². The summed E-state index contributed by atoms with van der Waals surface area (Å²) in [5.74, 6) is 1.33. The van der Waals surface area contributed by atoms with Crippen molar-refractivity contribution in [3.8, 4) is 11.6 Å². The van der Waals surface area contributed by atoms with Crippen molar-refractivity contribution in [2.75, 3.05) is 12.4 Å². The topological polar surface area (TPSA) is 92.0 Å². The molecule has 0 fully saturated rings. The third-order valence-corrected chi connectivity index (χ3v) is 4.44. The second kappa shape index (κ2) is 10.8. The molecule has 3 aromatic rings. The Labute approximate surface area is 185 Å². The van der Waals surface area contributed by atoms with Gasteiger partial charge in [-0.15, -0.1) is 0 Å². The molecule has 0 saturated heterocycles. The van der Waals surface area contributed by atoms with Gasteiger partial charge in [-0.1, -0.05) is 23.7 Å². The largest absolute Gasteiger partial charge is 0.436 e. The minimum absolute atomic E-state index is 0.326. The van der Waals surface area contributed by atoms with Crippen molar-refractivity contribution in [1.29, 1.82) is 0 Å². The predicted octanol–water partition coefficient (Wildman–Crippen LogP) is 4.63. The zero-order chi connectivity index (χ0) is 22.1. The third kappa shape index (κ3) is 6.61. The summed E-state index contributed by atoms with van der Waals surface area (Å²) in [7, 11) is 1.80. The first-order valence-electron chi connectivity index (χ1n) is 9.41. The van der Waals surface area contributed by atoms with Gasteiger partial charge >= 0.3 is 0 Å². The lowest BCUT2D eigenvalue weighted by atomic mass is 10.2. The Balaban J connectivity index is 1.79. The van der Waals surface area contributed by atoms with Gasteiger partial charge in [-0.2, -0.15) is 0 Å². The summed E-state index contributed by atoms with van der Waals surface area (Å²) in [6.45, 7) is 2.20. The van der Waals surface area contributed by atoms with Gasteiger partial charge in [-0.25, -0.2) is 4.99 Å². The van der Waals surface area contributed by atoms with Crippen LogP contribution in [0.3, 0.4) is 0 Å². The standard InChI is InChI=1S/C22H22ClN5O3/c1-16(24-2)13-25-22(28(15-29)14-17-3-5-18(23)6-4-17)26-19-7-9-20(10-8-19)31-21-11-12-30-27-21/h3-13,15,24H,14H2,1-2H3,(H,25,26)/b16-13+. The number of amides is 1. The summed E-state index contributed by atoms with van der Waals surface area (Å²) >= 11 is 5.96. The number of guanidine groups is 1. The molecule has 0 bridgehead atoms. The number of ether oxygens (including phenoxy) is 1. The normalized spacial score (nSPS) is 11.7. The molecule has 2 N–H and O–H groups in total. The summed E-state index contributed by atoms with van der Waals surface area (Å²) in [6.07, 6.45) is 3.80. The van der Waals surface area contributed by atoms with Crippen LogP contribution in [0, 0.1) is 0 Å². The number of nitrogens with zero attached hydrogens (tertiary/aromatic N) is 3. The van der Waals surface area contributed by atoms with Crippen LogP contribution in [0.15, 0.2) is 82.3 Å². The van der Waals surface area contributed by atoms with Crippen LogP contribution >= 0.6 is 11.6 Å².